The first kappa shape index (κ1) is 26.6. The summed E-state index contributed by atoms with van der Waals surface area (Å²) in [6, 6.07) is 8.86. The highest BCUT2D eigenvalue weighted by atomic mass is 16.6. The molecule has 0 saturated carbocycles. The van der Waals surface area contributed by atoms with E-state index >= 15 is 0 Å². The Kier molecular flexibility index (Phi) is 10.8. The number of nitrogens with one attached hydrogen (secondary N) is 1. The molecule has 184 valence electrons. The van der Waals surface area contributed by atoms with Gasteiger partial charge in [-0.25, -0.2) is 0 Å². The maximum Gasteiger partial charge on any atom is 0.301 e. The molecule has 0 aliphatic carbocycles. The van der Waals surface area contributed by atoms with Crippen LogP contribution < -0.4 is 14.9 Å². The first-order chi connectivity index (χ1) is 16.4. The van der Waals surface area contributed by atoms with Crippen molar-refractivity contribution in [3.63, 3.8) is 0 Å². The molecule has 0 heterocycles. The van der Waals surface area contributed by atoms with Crippen molar-refractivity contribution in [1.29, 1.82) is 0 Å². The van der Waals surface area contributed by atoms with E-state index in [0.29, 0.717) is 23.6 Å². The second-order valence-corrected chi connectivity index (χ2v) is 7.83. The average molecular weight is 473 g/mol. The van der Waals surface area contributed by atoms with Crippen LogP contribution in [0.3, 0.4) is 0 Å². The minimum Gasteiger partial charge on any atom is -0.493 e. The van der Waals surface area contributed by atoms with E-state index in [1.807, 2.05) is 12.1 Å². The summed E-state index contributed by atoms with van der Waals surface area (Å²) >= 11 is 0. The molecule has 34 heavy (non-hydrogen) atoms. The van der Waals surface area contributed by atoms with Crippen molar-refractivity contribution in [3.8, 4) is 11.5 Å². The highest BCUT2D eigenvalue weighted by Crippen LogP contribution is 2.31. The molecule has 1 N–H and O–H groups in total. The number of methoxy groups -OCH3 is 2. The summed E-state index contributed by atoms with van der Waals surface area (Å²) in [6.07, 6.45) is 8.63. The summed E-state index contributed by atoms with van der Waals surface area (Å²) in [6.45, 7) is 2.19. The fourth-order valence-corrected chi connectivity index (χ4v) is 3.54. The zero-order valence-electron chi connectivity index (χ0n) is 19.9. The lowest BCUT2D eigenvalue weighted by molar-refractivity contribution is -0.393. The molecule has 10 heteroatoms. The Bertz CT molecular complexity index is 1010. The van der Waals surface area contributed by atoms with Crippen LogP contribution >= 0.6 is 0 Å². The van der Waals surface area contributed by atoms with Gasteiger partial charge in [0.05, 0.1) is 35.8 Å². The molecular formula is C24H32N4O6. The molecule has 0 radical (unpaired) electrons. The van der Waals surface area contributed by atoms with E-state index < -0.39 is 15.5 Å². The van der Waals surface area contributed by atoms with Gasteiger partial charge in [-0.2, -0.15) is 5.10 Å². The Morgan fingerprint density at radius 1 is 0.882 bits per heavy atom. The predicted molar refractivity (Wildman–Crippen MR) is 132 cm³/mol. The Labute approximate surface area is 199 Å². The number of nitro groups is 2. The number of hydrogen-bond acceptors (Lipinski definition) is 8. The smallest absolute Gasteiger partial charge is 0.301 e. The summed E-state index contributed by atoms with van der Waals surface area (Å²) in [5.41, 5.74) is 3.54. The fraction of sp³-hybridized carbons (Fsp3) is 0.458. The lowest BCUT2D eigenvalue weighted by atomic mass is 10.0. The van der Waals surface area contributed by atoms with Crippen molar-refractivity contribution < 1.29 is 19.3 Å². The van der Waals surface area contributed by atoms with Crippen LogP contribution in [0.4, 0.5) is 17.1 Å². The van der Waals surface area contributed by atoms with Crippen LogP contribution in [0.15, 0.2) is 41.5 Å². The van der Waals surface area contributed by atoms with Crippen LogP contribution in [-0.2, 0) is 0 Å². The molecule has 0 bridgehead atoms. The van der Waals surface area contributed by atoms with E-state index in [2.05, 4.69) is 17.5 Å². The molecule has 10 nitrogen and oxygen atoms in total. The molecule has 0 aromatic heterocycles. The topological polar surface area (TPSA) is 129 Å². The molecular weight excluding hydrogens is 440 g/mol. The van der Waals surface area contributed by atoms with Crippen molar-refractivity contribution in [2.24, 2.45) is 5.10 Å². The molecule has 2 aromatic carbocycles. The minimum absolute atomic E-state index is 0.0770. The van der Waals surface area contributed by atoms with Crippen LogP contribution in [-0.4, -0.2) is 29.8 Å². The van der Waals surface area contributed by atoms with E-state index in [0.717, 1.165) is 30.9 Å². The number of ether oxygens (including phenoxy) is 2. The lowest BCUT2D eigenvalue weighted by Gasteiger charge is -2.12. The standard InChI is InChI=1S/C24H32N4O6/c1-4-5-6-7-8-9-10-11-20(18-12-15-23(33-2)24(16-18)34-3)25-26-21-14-13-19(27(29)30)17-22(21)28(31)32/h12-17,26H,4-11H2,1-3H3/b25-20+. The number of anilines is 1. The van der Waals surface area contributed by atoms with Gasteiger partial charge in [0, 0.05) is 11.6 Å². The van der Waals surface area contributed by atoms with Gasteiger partial charge < -0.3 is 9.47 Å². The van der Waals surface area contributed by atoms with Crippen LogP contribution in [0, 0.1) is 20.2 Å². The molecule has 0 aliphatic rings. The average Bonchev–Trinajstić information content (AvgIpc) is 2.84. The third-order valence-electron chi connectivity index (χ3n) is 5.43. The van der Waals surface area contributed by atoms with Gasteiger partial charge in [0.25, 0.3) is 5.69 Å². The minimum atomic E-state index is -0.671. The maximum atomic E-state index is 11.4. The zero-order valence-corrected chi connectivity index (χ0v) is 19.9. The first-order valence-electron chi connectivity index (χ1n) is 11.4. The number of non-ortho nitro benzene ring substituents is 1. The van der Waals surface area contributed by atoms with Crippen molar-refractivity contribution >= 4 is 22.8 Å². The Morgan fingerprint density at radius 2 is 1.56 bits per heavy atom. The molecule has 0 amide bonds. The number of nitrogens with zero attached hydrogens (tertiary/aromatic N) is 3. The normalized spacial score (nSPS) is 11.2. The van der Waals surface area contributed by atoms with Crippen molar-refractivity contribution in [1.82, 2.24) is 0 Å². The summed E-state index contributed by atoms with van der Waals surface area (Å²) in [7, 11) is 3.10. The number of nitro benzene ring substituents is 2. The Balaban J connectivity index is 2.27. The van der Waals surface area contributed by atoms with Crippen molar-refractivity contribution in [2.45, 2.75) is 58.3 Å². The Hall–Kier alpha value is -3.69. The van der Waals surface area contributed by atoms with Gasteiger partial charge in [0.1, 0.15) is 5.69 Å². The van der Waals surface area contributed by atoms with Gasteiger partial charge in [0.2, 0.25) is 0 Å². The third kappa shape index (κ3) is 7.72. The van der Waals surface area contributed by atoms with Crippen LogP contribution in [0.2, 0.25) is 0 Å². The number of rotatable bonds is 15. The fourth-order valence-electron chi connectivity index (χ4n) is 3.54. The molecule has 0 saturated heterocycles. The zero-order chi connectivity index (χ0) is 24.9. The summed E-state index contributed by atoms with van der Waals surface area (Å²) in [4.78, 5) is 21.1. The van der Waals surface area contributed by atoms with Gasteiger partial charge in [-0.1, -0.05) is 45.4 Å². The number of hydrogen-bond donors (Lipinski definition) is 1. The highest BCUT2D eigenvalue weighted by Gasteiger charge is 2.19. The van der Waals surface area contributed by atoms with E-state index in [4.69, 9.17) is 9.47 Å². The second-order valence-electron chi connectivity index (χ2n) is 7.83. The van der Waals surface area contributed by atoms with Gasteiger partial charge >= 0.3 is 5.69 Å². The third-order valence-corrected chi connectivity index (χ3v) is 5.43. The molecule has 0 aliphatic heterocycles. The number of benzene rings is 2. The second kappa shape index (κ2) is 13.8. The summed E-state index contributed by atoms with van der Waals surface area (Å²) < 4.78 is 10.7. The van der Waals surface area contributed by atoms with Crippen LogP contribution in [0.1, 0.15) is 63.9 Å². The van der Waals surface area contributed by atoms with E-state index in [1.54, 1.807) is 20.3 Å². The molecule has 0 atom stereocenters. The van der Waals surface area contributed by atoms with Gasteiger partial charge in [-0.15, -0.1) is 0 Å². The highest BCUT2D eigenvalue weighted by molar-refractivity contribution is 6.01. The lowest BCUT2D eigenvalue weighted by Crippen LogP contribution is -2.07. The van der Waals surface area contributed by atoms with E-state index in [9.17, 15) is 20.2 Å². The molecule has 2 rings (SSSR count). The van der Waals surface area contributed by atoms with Crippen molar-refractivity contribution in [2.75, 3.05) is 19.6 Å². The molecule has 0 fully saturated rings. The van der Waals surface area contributed by atoms with Crippen molar-refractivity contribution in [3.05, 3.63) is 62.2 Å². The Morgan fingerprint density at radius 3 is 2.18 bits per heavy atom. The van der Waals surface area contributed by atoms with Crippen LogP contribution in [0.25, 0.3) is 0 Å². The number of unbranched alkanes of at least 4 members (excludes halogenated alkanes) is 6. The largest absolute Gasteiger partial charge is 0.493 e. The van der Waals surface area contributed by atoms with E-state index in [-0.39, 0.29) is 11.4 Å². The maximum absolute atomic E-state index is 11.4. The van der Waals surface area contributed by atoms with Gasteiger partial charge in [-0.3, -0.25) is 25.7 Å². The monoisotopic (exact) mass is 472 g/mol. The predicted octanol–water partition coefficient (Wildman–Crippen LogP) is 6.48. The molecule has 0 spiro atoms. The van der Waals surface area contributed by atoms with Gasteiger partial charge in [0.15, 0.2) is 11.5 Å². The summed E-state index contributed by atoms with van der Waals surface area (Å²) in [5, 5.41) is 26.9. The molecule has 2 aromatic rings. The number of hydrazone groups is 1. The molecule has 0 unspecified atom stereocenters. The first-order valence-corrected chi connectivity index (χ1v) is 11.4. The SMILES string of the molecule is CCCCCCCCC/C(=N\Nc1ccc([N+](=O)[O-])cc1[N+](=O)[O-])c1ccc(OC)c(OC)c1. The van der Waals surface area contributed by atoms with Crippen LogP contribution in [0.5, 0.6) is 11.5 Å². The van der Waals surface area contributed by atoms with Gasteiger partial charge in [-0.05, 0) is 37.1 Å². The summed E-state index contributed by atoms with van der Waals surface area (Å²) in [5.74, 6) is 1.13. The van der Waals surface area contributed by atoms with E-state index in [1.165, 1.54) is 37.8 Å². The quantitative estimate of drug-likeness (QED) is 0.136.